The van der Waals surface area contributed by atoms with Crippen molar-refractivity contribution in [1.29, 1.82) is 0 Å². The fourth-order valence-corrected chi connectivity index (χ4v) is 6.88. The molecule has 2 heterocycles. The third-order valence-corrected chi connectivity index (χ3v) is 9.61. The van der Waals surface area contributed by atoms with Crippen molar-refractivity contribution in [2.75, 3.05) is 18.9 Å². The van der Waals surface area contributed by atoms with Gasteiger partial charge in [-0.05, 0) is 81.6 Å². The van der Waals surface area contributed by atoms with E-state index in [9.17, 15) is 19.8 Å². The Kier molecular flexibility index (Phi) is 12.1. The summed E-state index contributed by atoms with van der Waals surface area (Å²) >= 11 is 1.47. The first-order valence-corrected chi connectivity index (χ1v) is 17.9. The van der Waals surface area contributed by atoms with E-state index in [1.807, 2.05) is 72.8 Å². The number of hydrogen-bond acceptors (Lipinski definition) is 11. The number of amides is 2. The third-order valence-electron chi connectivity index (χ3n) is 8.61. The Morgan fingerprint density at radius 1 is 0.904 bits per heavy atom. The van der Waals surface area contributed by atoms with Crippen LogP contribution in [-0.4, -0.2) is 67.4 Å². The van der Waals surface area contributed by atoms with Crippen molar-refractivity contribution in [1.82, 2.24) is 30.8 Å². The first-order chi connectivity index (χ1) is 25.3. The Morgan fingerprint density at radius 2 is 1.65 bits per heavy atom. The monoisotopic (exact) mass is 724 g/mol. The van der Waals surface area contributed by atoms with E-state index in [-0.39, 0.29) is 50.2 Å². The number of aromatic nitrogens is 4. The molecule has 0 bridgehead atoms. The highest BCUT2D eigenvalue weighted by Crippen LogP contribution is 2.43. The zero-order chi connectivity index (χ0) is 36.5. The lowest BCUT2D eigenvalue weighted by Gasteiger charge is -2.41. The molecule has 1 aromatic heterocycles. The molecule has 4 atom stereocenters. The van der Waals surface area contributed by atoms with Crippen LogP contribution in [0, 0.1) is 5.92 Å². The van der Waals surface area contributed by atoms with Gasteiger partial charge in [0.05, 0.1) is 31.1 Å². The summed E-state index contributed by atoms with van der Waals surface area (Å²) in [6, 6.07) is 29.8. The van der Waals surface area contributed by atoms with Crippen LogP contribution in [0.2, 0.25) is 0 Å². The van der Waals surface area contributed by atoms with E-state index in [1.54, 1.807) is 35.9 Å². The average Bonchev–Trinajstić information content (AvgIpc) is 3.65. The predicted molar refractivity (Wildman–Crippen MR) is 193 cm³/mol. The number of urea groups is 1. The van der Waals surface area contributed by atoms with Crippen LogP contribution < -0.4 is 10.6 Å². The molecule has 0 unspecified atom stereocenters. The lowest BCUT2D eigenvalue weighted by atomic mass is 9.91. The molecular weight excluding hydrogens is 685 g/mol. The summed E-state index contributed by atoms with van der Waals surface area (Å²) in [6.07, 6.45) is -1.26. The number of rotatable bonds is 13. The van der Waals surface area contributed by atoms with Crippen LogP contribution in [0.15, 0.2) is 102 Å². The van der Waals surface area contributed by atoms with E-state index in [0.29, 0.717) is 10.9 Å². The third kappa shape index (κ3) is 9.14. The number of tetrazole rings is 1. The van der Waals surface area contributed by atoms with E-state index in [1.165, 1.54) is 11.8 Å². The molecule has 0 spiro atoms. The number of hydrogen-bond donors (Lipinski definition) is 4. The number of phenols is 1. The van der Waals surface area contributed by atoms with E-state index >= 15 is 0 Å². The van der Waals surface area contributed by atoms with Gasteiger partial charge in [0.15, 0.2) is 6.29 Å². The summed E-state index contributed by atoms with van der Waals surface area (Å²) in [4.78, 5) is 23.8. The molecule has 6 rings (SSSR count). The maximum absolute atomic E-state index is 12.2. The normalized spacial score (nSPS) is 18.4. The maximum Gasteiger partial charge on any atom is 0.325 e. The minimum absolute atomic E-state index is 0.0468. The summed E-state index contributed by atoms with van der Waals surface area (Å²) in [5.41, 5.74) is 6.12. The van der Waals surface area contributed by atoms with Crippen LogP contribution in [0.1, 0.15) is 48.5 Å². The molecule has 0 saturated carbocycles. The van der Waals surface area contributed by atoms with Crippen molar-refractivity contribution in [3.8, 4) is 22.6 Å². The molecule has 0 aliphatic carbocycles. The Morgan fingerprint density at radius 3 is 2.40 bits per heavy atom. The van der Waals surface area contributed by atoms with Gasteiger partial charge < -0.3 is 35.1 Å². The van der Waals surface area contributed by atoms with Crippen LogP contribution in [0.3, 0.4) is 0 Å². The van der Waals surface area contributed by atoms with E-state index < -0.39 is 18.3 Å². The van der Waals surface area contributed by atoms with Gasteiger partial charge in [-0.15, -0.1) is 5.10 Å². The lowest BCUT2D eigenvalue weighted by molar-refractivity contribution is -0.268. The summed E-state index contributed by atoms with van der Waals surface area (Å²) in [5.74, 6) is 0.140. The summed E-state index contributed by atoms with van der Waals surface area (Å²) in [6.45, 7) is 4.07. The highest BCUT2D eigenvalue weighted by molar-refractivity contribution is 7.99. The van der Waals surface area contributed by atoms with Gasteiger partial charge in [0, 0.05) is 23.8 Å². The molecule has 0 radical (unpaired) electrons. The Hall–Kier alpha value is -5.28. The first-order valence-electron chi connectivity index (χ1n) is 16.9. The minimum Gasteiger partial charge on any atom is -0.508 e. The minimum atomic E-state index is -0.690. The zero-order valence-corrected chi connectivity index (χ0v) is 29.5. The zero-order valence-electron chi connectivity index (χ0n) is 28.7. The van der Waals surface area contributed by atoms with Crippen molar-refractivity contribution in [3.05, 3.63) is 119 Å². The van der Waals surface area contributed by atoms with Gasteiger partial charge in [0.1, 0.15) is 12.3 Å². The van der Waals surface area contributed by atoms with Crippen molar-refractivity contribution >= 4 is 23.8 Å². The van der Waals surface area contributed by atoms with Crippen molar-refractivity contribution in [3.63, 3.8) is 0 Å². The number of aliphatic hydroxyl groups is 1. The average molecular weight is 725 g/mol. The molecule has 1 aliphatic rings. The number of thioether (sulfide) groups is 1. The highest BCUT2D eigenvalue weighted by Gasteiger charge is 2.38. The molecular formula is C38H40N6O7S. The second-order valence-corrected chi connectivity index (χ2v) is 13.2. The largest absolute Gasteiger partial charge is 0.508 e. The fourth-order valence-electron chi connectivity index (χ4n) is 5.83. The highest BCUT2D eigenvalue weighted by atomic mass is 32.2. The number of phenolic OH excluding ortho intramolecular Hbond substituents is 1. The molecule has 5 aromatic rings. The van der Waals surface area contributed by atoms with Crippen LogP contribution in [0.4, 0.5) is 4.79 Å². The van der Waals surface area contributed by atoms with Crippen LogP contribution in [0.25, 0.3) is 16.8 Å². The molecule has 2 amide bonds. The number of aromatic hydroxyl groups is 1. The number of aliphatic hydroxyl groups excluding tert-OH is 1. The second kappa shape index (κ2) is 17.3. The molecule has 1 aliphatic heterocycles. The van der Waals surface area contributed by atoms with Gasteiger partial charge in [-0.2, -0.15) is 4.68 Å². The van der Waals surface area contributed by atoms with Crippen molar-refractivity contribution in [2.45, 2.75) is 50.7 Å². The summed E-state index contributed by atoms with van der Waals surface area (Å²) in [5, 5.41) is 37.5. The Balaban J connectivity index is 1.20. The molecule has 52 heavy (non-hydrogen) atoms. The van der Waals surface area contributed by atoms with E-state index in [2.05, 4.69) is 33.1 Å². The first kappa shape index (κ1) is 36.5. The molecule has 1 fully saturated rings. The molecule has 13 nitrogen and oxygen atoms in total. The Bertz CT molecular complexity index is 1960. The number of nitrogens with zero attached hydrogens (tertiary/aromatic N) is 4. The number of nitrogens with one attached hydrogen (secondary N) is 2. The van der Waals surface area contributed by atoms with Crippen LogP contribution in [0.5, 0.6) is 5.75 Å². The Labute approximate surface area is 305 Å². The van der Waals surface area contributed by atoms with Gasteiger partial charge in [-0.1, -0.05) is 79.3 Å². The lowest BCUT2D eigenvalue weighted by Crippen LogP contribution is -2.38. The van der Waals surface area contributed by atoms with Crippen molar-refractivity contribution in [2.24, 2.45) is 5.92 Å². The molecule has 14 heteroatoms. The van der Waals surface area contributed by atoms with Crippen LogP contribution in [-0.2, 0) is 32.2 Å². The standard InChI is InChI=1S/C38H40N6O7S/c1-3-49-34(47)21-40-37(48)39-20-26-6-4-7-28(18-26)29-8-5-9-30(19-29)36-50-33(24(2)35(51-36)27-12-10-25(22-45)11-13-27)23-52-38-41-42-43-44(38)31-14-16-32(46)17-15-31/h4-19,24,33,35-36,45-46H,3,20-23H2,1-2H3,(H2,39,40,48)/t24-,33+,35+,36+/m0/s1. The molecule has 270 valence electrons. The quantitative estimate of drug-likeness (QED) is 0.0897. The van der Waals surface area contributed by atoms with Crippen molar-refractivity contribution < 1.29 is 34.0 Å². The topological polar surface area (TPSA) is 170 Å². The number of carbonyl (C=O) groups excluding carboxylic acids is 2. The predicted octanol–water partition coefficient (Wildman–Crippen LogP) is 5.47. The summed E-state index contributed by atoms with van der Waals surface area (Å²) in [7, 11) is 0. The SMILES string of the molecule is CCOC(=O)CNC(=O)NCc1cccc(-c2cccc([C@@H]3O[C@H](CSc4nnnn4-c4ccc(O)cc4)[C@H](C)[C@H](c4ccc(CO)cc4)O3)c2)c1. The van der Waals surface area contributed by atoms with Gasteiger partial charge in [0.25, 0.3) is 0 Å². The van der Waals surface area contributed by atoms with E-state index in [0.717, 1.165) is 39.1 Å². The molecule has 4 aromatic carbocycles. The number of ether oxygens (including phenoxy) is 3. The van der Waals surface area contributed by atoms with Gasteiger partial charge in [-0.25, -0.2) is 4.79 Å². The second-order valence-electron chi connectivity index (χ2n) is 12.2. The summed E-state index contributed by atoms with van der Waals surface area (Å²) < 4.78 is 19.9. The smallest absolute Gasteiger partial charge is 0.325 e. The van der Waals surface area contributed by atoms with Gasteiger partial charge in [0.2, 0.25) is 5.16 Å². The number of esters is 1. The molecule has 4 N–H and O–H groups in total. The van der Waals surface area contributed by atoms with E-state index in [4.69, 9.17) is 14.2 Å². The number of benzene rings is 4. The molecule has 1 saturated heterocycles. The fraction of sp³-hybridized carbons (Fsp3) is 0.289. The number of carbonyl (C=O) groups is 2. The van der Waals surface area contributed by atoms with Crippen LogP contribution >= 0.6 is 11.8 Å². The van der Waals surface area contributed by atoms with Gasteiger partial charge in [-0.3, -0.25) is 4.79 Å². The maximum atomic E-state index is 12.2. The van der Waals surface area contributed by atoms with Gasteiger partial charge >= 0.3 is 12.0 Å².